The number of hydrogen-bond acceptors (Lipinski definition) is 3. The van der Waals surface area contributed by atoms with Crippen molar-refractivity contribution in [1.82, 2.24) is 19.8 Å². The summed E-state index contributed by atoms with van der Waals surface area (Å²) in [6.07, 6.45) is 4.50. The number of likely N-dealkylation sites (tertiary alicyclic amines) is 1. The van der Waals surface area contributed by atoms with Gasteiger partial charge in [-0.25, -0.2) is 14.6 Å². The highest BCUT2D eigenvalue weighted by Crippen LogP contribution is 2.30. The largest absolute Gasteiger partial charge is 0.480 e. The number of nitrogens with zero attached hydrogens (tertiary/aromatic N) is 3. The van der Waals surface area contributed by atoms with Gasteiger partial charge < -0.3 is 19.9 Å². The molecule has 1 aromatic heterocycles. The van der Waals surface area contributed by atoms with Crippen molar-refractivity contribution in [3.8, 4) is 0 Å². The number of amides is 2. The first kappa shape index (κ1) is 13.4. The molecule has 7 nitrogen and oxygen atoms in total. The van der Waals surface area contributed by atoms with Gasteiger partial charge in [-0.05, 0) is 19.8 Å². The fraction of sp³-hybridized carbons (Fsp3) is 0.583. The molecule has 0 aliphatic carbocycles. The van der Waals surface area contributed by atoms with Crippen LogP contribution in [0.1, 0.15) is 25.6 Å². The van der Waals surface area contributed by atoms with E-state index in [1.165, 1.54) is 9.80 Å². The SMILES string of the molecule is CN(Cc1ncc[nH]1)C(=O)N1CCCC1(C)C(=O)O. The summed E-state index contributed by atoms with van der Waals surface area (Å²) in [6, 6.07) is -0.279. The molecule has 0 aromatic carbocycles. The molecule has 0 saturated carbocycles. The minimum absolute atomic E-state index is 0.279. The number of aliphatic carboxylic acids is 1. The van der Waals surface area contributed by atoms with E-state index in [2.05, 4.69) is 9.97 Å². The smallest absolute Gasteiger partial charge is 0.329 e. The number of rotatable bonds is 3. The van der Waals surface area contributed by atoms with Gasteiger partial charge in [0.05, 0.1) is 6.54 Å². The molecular formula is C12H18N4O3. The molecule has 2 amide bonds. The van der Waals surface area contributed by atoms with Crippen molar-refractivity contribution in [2.45, 2.75) is 31.8 Å². The summed E-state index contributed by atoms with van der Waals surface area (Å²) in [5.41, 5.74) is -1.10. The Morgan fingerprint density at radius 3 is 2.95 bits per heavy atom. The Kier molecular flexibility index (Phi) is 3.46. The zero-order valence-electron chi connectivity index (χ0n) is 11.1. The zero-order chi connectivity index (χ0) is 14.0. The van der Waals surface area contributed by atoms with E-state index in [1.807, 2.05) is 0 Å². The van der Waals surface area contributed by atoms with Gasteiger partial charge in [-0.2, -0.15) is 0 Å². The molecule has 1 aliphatic rings. The second kappa shape index (κ2) is 4.91. The maximum absolute atomic E-state index is 12.3. The molecule has 1 aliphatic heterocycles. The molecule has 0 spiro atoms. The van der Waals surface area contributed by atoms with Crippen molar-refractivity contribution >= 4 is 12.0 Å². The van der Waals surface area contributed by atoms with Gasteiger partial charge in [0.2, 0.25) is 0 Å². The Hall–Kier alpha value is -2.05. The van der Waals surface area contributed by atoms with E-state index in [1.54, 1.807) is 26.4 Å². The lowest BCUT2D eigenvalue weighted by atomic mass is 10.00. The maximum atomic E-state index is 12.3. The summed E-state index contributed by atoms with van der Waals surface area (Å²) in [4.78, 5) is 33.6. The van der Waals surface area contributed by atoms with Gasteiger partial charge in [-0.1, -0.05) is 0 Å². The minimum atomic E-state index is -1.10. The van der Waals surface area contributed by atoms with E-state index in [0.717, 1.165) is 0 Å². The van der Waals surface area contributed by atoms with Gasteiger partial charge >= 0.3 is 12.0 Å². The third-order valence-corrected chi connectivity index (χ3v) is 3.60. The predicted octanol–water partition coefficient (Wildman–Crippen LogP) is 0.901. The maximum Gasteiger partial charge on any atom is 0.329 e. The van der Waals surface area contributed by atoms with Crippen LogP contribution in [0.5, 0.6) is 0 Å². The van der Waals surface area contributed by atoms with Gasteiger partial charge in [0, 0.05) is 26.0 Å². The predicted molar refractivity (Wildman–Crippen MR) is 67.4 cm³/mol. The standard InChI is InChI=1S/C12H18N4O3/c1-12(10(17)18)4-3-7-16(12)11(19)15(2)8-9-13-5-6-14-9/h5-6H,3-4,7-8H2,1-2H3,(H,13,14)(H,17,18). The molecule has 7 heteroatoms. The van der Waals surface area contributed by atoms with Crippen LogP contribution in [0.4, 0.5) is 4.79 Å². The van der Waals surface area contributed by atoms with E-state index < -0.39 is 11.5 Å². The van der Waals surface area contributed by atoms with Gasteiger partial charge in [0.25, 0.3) is 0 Å². The van der Waals surface area contributed by atoms with Gasteiger partial charge in [-0.3, -0.25) is 0 Å². The van der Waals surface area contributed by atoms with E-state index in [-0.39, 0.29) is 6.03 Å². The second-order valence-corrected chi connectivity index (χ2v) is 5.01. The molecule has 1 saturated heterocycles. The zero-order valence-corrected chi connectivity index (χ0v) is 11.1. The van der Waals surface area contributed by atoms with Crippen LogP contribution in [0.25, 0.3) is 0 Å². The fourth-order valence-corrected chi connectivity index (χ4v) is 2.38. The first-order valence-electron chi connectivity index (χ1n) is 6.19. The number of imidazole rings is 1. The summed E-state index contributed by atoms with van der Waals surface area (Å²) in [5.74, 6) is -0.281. The molecule has 2 heterocycles. The number of H-pyrrole nitrogens is 1. The number of carbonyl (C=O) groups is 2. The van der Waals surface area contributed by atoms with Crippen molar-refractivity contribution in [3.63, 3.8) is 0 Å². The molecule has 2 rings (SSSR count). The summed E-state index contributed by atoms with van der Waals surface area (Å²) in [7, 11) is 1.64. The first-order chi connectivity index (χ1) is 8.95. The Balaban J connectivity index is 2.08. The number of nitrogens with one attached hydrogen (secondary N) is 1. The lowest BCUT2D eigenvalue weighted by molar-refractivity contribution is -0.147. The molecule has 1 unspecified atom stereocenters. The summed E-state index contributed by atoms with van der Waals surface area (Å²) >= 11 is 0. The van der Waals surface area contributed by atoms with E-state index in [0.29, 0.717) is 31.8 Å². The average Bonchev–Trinajstić information content (AvgIpc) is 2.98. The highest BCUT2D eigenvalue weighted by atomic mass is 16.4. The van der Waals surface area contributed by atoms with Crippen molar-refractivity contribution in [2.24, 2.45) is 0 Å². The third kappa shape index (κ3) is 2.40. The molecule has 1 atom stereocenters. The van der Waals surface area contributed by atoms with Crippen molar-refractivity contribution in [1.29, 1.82) is 0 Å². The van der Waals surface area contributed by atoms with E-state index in [4.69, 9.17) is 0 Å². The topological polar surface area (TPSA) is 89.5 Å². The van der Waals surface area contributed by atoms with Crippen LogP contribution >= 0.6 is 0 Å². The molecule has 2 N–H and O–H groups in total. The third-order valence-electron chi connectivity index (χ3n) is 3.60. The van der Waals surface area contributed by atoms with Crippen molar-refractivity contribution in [3.05, 3.63) is 18.2 Å². The van der Waals surface area contributed by atoms with Crippen LogP contribution < -0.4 is 0 Å². The number of urea groups is 1. The van der Waals surface area contributed by atoms with E-state index in [9.17, 15) is 14.7 Å². The van der Waals surface area contributed by atoms with Gasteiger partial charge in [-0.15, -0.1) is 0 Å². The Labute approximate surface area is 111 Å². The van der Waals surface area contributed by atoms with E-state index >= 15 is 0 Å². The summed E-state index contributed by atoms with van der Waals surface area (Å²) in [5, 5.41) is 9.30. The number of hydrogen-bond donors (Lipinski definition) is 2. The fourth-order valence-electron chi connectivity index (χ4n) is 2.38. The van der Waals surface area contributed by atoms with Gasteiger partial charge in [0.1, 0.15) is 11.4 Å². The van der Waals surface area contributed by atoms with Crippen LogP contribution in [0.15, 0.2) is 12.4 Å². The number of aromatic nitrogens is 2. The molecule has 0 radical (unpaired) electrons. The summed E-state index contributed by atoms with van der Waals surface area (Å²) in [6.45, 7) is 2.41. The normalized spacial score (nSPS) is 22.5. The number of aromatic amines is 1. The van der Waals surface area contributed by atoms with Crippen molar-refractivity contribution in [2.75, 3.05) is 13.6 Å². The molecule has 0 bridgehead atoms. The highest BCUT2D eigenvalue weighted by molar-refractivity contribution is 5.86. The number of carboxylic acid groups (broad SMARTS) is 1. The molecular weight excluding hydrogens is 248 g/mol. The van der Waals surface area contributed by atoms with Crippen LogP contribution in [-0.4, -0.2) is 56.0 Å². The van der Waals surface area contributed by atoms with Crippen LogP contribution in [0.3, 0.4) is 0 Å². The molecule has 19 heavy (non-hydrogen) atoms. The lowest BCUT2D eigenvalue weighted by Crippen LogP contribution is -2.54. The summed E-state index contributed by atoms with van der Waals surface area (Å²) < 4.78 is 0. The number of carbonyl (C=O) groups excluding carboxylic acids is 1. The average molecular weight is 266 g/mol. The quantitative estimate of drug-likeness (QED) is 0.850. The van der Waals surface area contributed by atoms with Gasteiger partial charge in [0.15, 0.2) is 0 Å². The second-order valence-electron chi connectivity index (χ2n) is 5.01. The van der Waals surface area contributed by atoms with Crippen LogP contribution in [-0.2, 0) is 11.3 Å². The Bertz CT molecular complexity index is 473. The minimum Gasteiger partial charge on any atom is -0.480 e. The Morgan fingerprint density at radius 1 is 1.63 bits per heavy atom. The Morgan fingerprint density at radius 2 is 2.37 bits per heavy atom. The molecule has 1 fully saturated rings. The number of carboxylic acids is 1. The van der Waals surface area contributed by atoms with Crippen molar-refractivity contribution < 1.29 is 14.7 Å². The molecule has 104 valence electrons. The monoisotopic (exact) mass is 266 g/mol. The van der Waals surface area contributed by atoms with Crippen LogP contribution in [0.2, 0.25) is 0 Å². The first-order valence-corrected chi connectivity index (χ1v) is 6.19. The molecule has 1 aromatic rings. The highest BCUT2D eigenvalue weighted by Gasteiger charge is 2.46. The lowest BCUT2D eigenvalue weighted by Gasteiger charge is -2.34. The van der Waals surface area contributed by atoms with Crippen LogP contribution in [0, 0.1) is 0 Å².